The number of piperidine rings is 1. The summed E-state index contributed by atoms with van der Waals surface area (Å²) in [5.41, 5.74) is 1.54. The average Bonchev–Trinajstić information content (AvgIpc) is 2.74. The Morgan fingerprint density at radius 2 is 1.67 bits per heavy atom. The van der Waals surface area contributed by atoms with Crippen molar-refractivity contribution in [1.29, 1.82) is 0 Å². The molecule has 5 heteroatoms. The second kappa shape index (κ2) is 9.21. The normalized spacial score (nSPS) is 15.1. The Morgan fingerprint density at radius 1 is 1.00 bits per heavy atom. The van der Waals surface area contributed by atoms with E-state index in [1.165, 1.54) is 0 Å². The zero-order valence-electron chi connectivity index (χ0n) is 15.7. The number of ether oxygens (including phenoxy) is 1. The predicted octanol–water partition coefficient (Wildman–Crippen LogP) is 3.05. The number of nitrogens with one attached hydrogen (secondary N) is 1. The summed E-state index contributed by atoms with van der Waals surface area (Å²) < 4.78 is 5.13. The number of likely N-dealkylation sites (tertiary alicyclic amines) is 1. The van der Waals surface area contributed by atoms with Crippen molar-refractivity contribution in [2.45, 2.75) is 31.7 Å². The molecule has 1 aliphatic rings. The van der Waals surface area contributed by atoms with Crippen molar-refractivity contribution in [2.75, 3.05) is 20.2 Å². The summed E-state index contributed by atoms with van der Waals surface area (Å²) in [4.78, 5) is 27.7. The lowest BCUT2D eigenvalue weighted by atomic mass is 10.0. The molecule has 0 aliphatic carbocycles. The smallest absolute Gasteiger partial charge is 0.251 e. The van der Waals surface area contributed by atoms with Gasteiger partial charge in [-0.2, -0.15) is 0 Å². The molecule has 1 atom stereocenters. The highest BCUT2D eigenvalue weighted by molar-refractivity contribution is 5.97. The van der Waals surface area contributed by atoms with E-state index in [2.05, 4.69) is 5.32 Å². The first-order valence-corrected chi connectivity index (χ1v) is 9.45. The molecular weight excluding hydrogens is 340 g/mol. The third kappa shape index (κ3) is 5.09. The summed E-state index contributed by atoms with van der Waals surface area (Å²) in [7, 11) is 1.59. The molecule has 2 aromatic rings. The Labute approximate surface area is 160 Å². The second-order valence-corrected chi connectivity index (χ2v) is 6.83. The highest BCUT2D eigenvalue weighted by Crippen LogP contribution is 2.15. The van der Waals surface area contributed by atoms with E-state index in [1.807, 2.05) is 35.2 Å². The summed E-state index contributed by atoms with van der Waals surface area (Å²) in [6.07, 6.45) is 3.69. The summed E-state index contributed by atoms with van der Waals surface area (Å²) in [6.45, 7) is 1.53. The molecule has 1 N–H and O–H groups in total. The van der Waals surface area contributed by atoms with Gasteiger partial charge in [-0.15, -0.1) is 0 Å². The fourth-order valence-corrected chi connectivity index (χ4v) is 3.37. The number of methoxy groups -OCH3 is 1. The van der Waals surface area contributed by atoms with Crippen LogP contribution in [-0.4, -0.2) is 43.0 Å². The fraction of sp³-hybridized carbons (Fsp3) is 0.364. The van der Waals surface area contributed by atoms with Crippen LogP contribution in [0.4, 0.5) is 0 Å². The van der Waals surface area contributed by atoms with E-state index in [9.17, 15) is 9.59 Å². The van der Waals surface area contributed by atoms with Crippen LogP contribution in [0.5, 0.6) is 5.75 Å². The first-order chi connectivity index (χ1) is 13.2. The van der Waals surface area contributed by atoms with Crippen LogP contribution in [0.25, 0.3) is 0 Å². The maximum absolute atomic E-state index is 13.1. The lowest BCUT2D eigenvalue weighted by Crippen LogP contribution is -2.51. The second-order valence-electron chi connectivity index (χ2n) is 6.83. The molecule has 2 amide bonds. The predicted molar refractivity (Wildman–Crippen MR) is 105 cm³/mol. The van der Waals surface area contributed by atoms with Crippen molar-refractivity contribution in [1.82, 2.24) is 10.2 Å². The van der Waals surface area contributed by atoms with E-state index in [0.717, 1.165) is 37.9 Å². The molecular formula is C22H26N2O3. The zero-order chi connectivity index (χ0) is 19.1. The highest BCUT2D eigenvalue weighted by Gasteiger charge is 2.27. The van der Waals surface area contributed by atoms with Gasteiger partial charge >= 0.3 is 0 Å². The average molecular weight is 366 g/mol. The number of rotatable bonds is 6. The maximum atomic E-state index is 13.1. The standard InChI is InChI=1S/C22H26N2O3/c1-27-19-12-10-18(11-13-19)21(25)23-20(16-17-8-4-2-5-9-17)22(26)24-14-6-3-7-15-24/h2,4-5,8-13,20H,3,6-7,14-16H2,1H3,(H,23,25)/t20-/m0/s1. The topological polar surface area (TPSA) is 58.6 Å². The van der Waals surface area contributed by atoms with Gasteiger partial charge < -0.3 is 15.0 Å². The molecule has 0 aromatic heterocycles. The number of nitrogens with zero attached hydrogens (tertiary/aromatic N) is 1. The van der Waals surface area contributed by atoms with Gasteiger partial charge in [-0.25, -0.2) is 0 Å². The molecule has 2 aromatic carbocycles. The fourth-order valence-electron chi connectivity index (χ4n) is 3.37. The molecule has 0 bridgehead atoms. The molecule has 1 saturated heterocycles. The molecule has 27 heavy (non-hydrogen) atoms. The number of hydrogen-bond acceptors (Lipinski definition) is 3. The van der Waals surface area contributed by atoms with Crippen molar-refractivity contribution in [2.24, 2.45) is 0 Å². The van der Waals surface area contributed by atoms with E-state index in [4.69, 9.17) is 4.74 Å². The van der Waals surface area contributed by atoms with Crippen LogP contribution in [0.15, 0.2) is 54.6 Å². The monoisotopic (exact) mass is 366 g/mol. The van der Waals surface area contributed by atoms with Crippen LogP contribution < -0.4 is 10.1 Å². The van der Waals surface area contributed by atoms with Gasteiger partial charge in [0.05, 0.1) is 7.11 Å². The molecule has 1 fully saturated rings. The van der Waals surface area contributed by atoms with E-state index in [0.29, 0.717) is 17.7 Å². The van der Waals surface area contributed by atoms with Crippen LogP contribution in [0.3, 0.4) is 0 Å². The van der Waals surface area contributed by atoms with Gasteiger partial charge in [0.1, 0.15) is 11.8 Å². The molecule has 142 valence electrons. The molecule has 0 unspecified atom stereocenters. The van der Waals surface area contributed by atoms with E-state index < -0.39 is 6.04 Å². The van der Waals surface area contributed by atoms with E-state index in [-0.39, 0.29) is 11.8 Å². The molecule has 1 heterocycles. The first kappa shape index (κ1) is 19.0. The minimum atomic E-state index is -0.569. The Hall–Kier alpha value is -2.82. The summed E-state index contributed by atoms with van der Waals surface area (Å²) in [5, 5.41) is 2.95. The molecule has 3 rings (SSSR count). The zero-order valence-corrected chi connectivity index (χ0v) is 15.7. The number of benzene rings is 2. The van der Waals surface area contributed by atoms with Gasteiger partial charge in [-0.3, -0.25) is 9.59 Å². The van der Waals surface area contributed by atoms with Crippen LogP contribution in [0.2, 0.25) is 0 Å². The summed E-state index contributed by atoms with van der Waals surface area (Å²) >= 11 is 0. The number of amides is 2. The van der Waals surface area contributed by atoms with Gasteiger partial charge in [0, 0.05) is 25.1 Å². The summed E-state index contributed by atoms with van der Waals surface area (Å²) in [6, 6.07) is 16.1. The van der Waals surface area contributed by atoms with Crippen LogP contribution in [-0.2, 0) is 11.2 Å². The van der Waals surface area contributed by atoms with Crippen LogP contribution >= 0.6 is 0 Å². The minimum absolute atomic E-state index is 0.000384. The Balaban J connectivity index is 1.75. The number of carbonyl (C=O) groups is 2. The lowest BCUT2D eigenvalue weighted by Gasteiger charge is -2.31. The SMILES string of the molecule is COc1ccc(C(=O)N[C@@H](Cc2ccccc2)C(=O)N2CCCCC2)cc1. The molecule has 0 saturated carbocycles. The van der Waals surface area contributed by atoms with Gasteiger partial charge in [0.15, 0.2) is 0 Å². The van der Waals surface area contributed by atoms with Crippen molar-refractivity contribution in [3.05, 3.63) is 65.7 Å². The highest BCUT2D eigenvalue weighted by atomic mass is 16.5. The molecule has 0 spiro atoms. The lowest BCUT2D eigenvalue weighted by molar-refractivity contribution is -0.134. The van der Waals surface area contributed by atoms with Gasteiger partial charge in [-0.05, 0) is 49.1 Å². The molecule has 1 aliphatic heterocycles. The molecule has 0 radical (unpaired) electrons. The minimum Gasteiger partial charge on any atom is -0.497 e. The first-order valence-electron chi connectivity index (χ1n) is 9.45. The Morgan fingerprint density at radius 3 is 2.30 bits per heavy atom. The largest absolute Gasteiger partial charge is 0.497 e. The van der Waals surface area contributed by atoms with Crippen molar-refractivity contribution >= 4 is 11.8 Å². The van der Waals surface area contributed by atoms with Gasteiger partial charge in [0.25, 0.3) is 5.91 Å². The number of carbonyl (C=O) groups excluding carboxylic acids is 2. The van der Waals surface area contributed by atoms with E-state index in [1.54, 1.807) is 31.4 Å². The Kier molecular flexibility index (Phi) is 6.47. The maximum Gasteiger partial charge on any atom is 0.251 e. The van der Waals surface area contributed by atoms with Gasteiger partial charge in [0.2, 0.25) is 5.91 Å². The van der Waals surface area contributed by atoms with Crippen molar-refractivity contribution < 1.29 is 14.3 Å². The van der Waals surface area contributed by atoms with Crippen molar-refractivity contribution in [3.63, 3.8) is 0 Å². The van der Waals surface area contributed by atoms with E-state index >= 15 is 0 Å². The third-order valence-corrected chi connectivity index (χ3v) is 4.91. The molecule has 5 nitrogen and oxygen atoms in total. The summed E-state index contributed by atoms with van der Waals surface area (Å²) in [5.74, 6) is 0.445. The Bertz CT molecular complexity index is 753. The number of hydrogen-bond donors (Lipinski definition) is 1. The third-order valence-electron chi connectivity index (χ3n) is 4.91. The van der Waals surface area contributed by atoms with Crippen LogP contribution in [0.1, 0.15) is 35.2 Å². The van der Waals surface area contributed by atoms with Crippen LogP contribution in [0, 0.1) is 0 Å². The van der Waals surface area contributed by atoms with Crippen molar-refractivity contribution in [3.8, 4) is 5.75 Å². The quantitative estimate of drug-likeness (QED) is 0.855. The van der Waals surface area contributed by atoms with Gasteiger partial charge in [-0.1, -0.05) is 30.3 Å².